The quantitative estimate of drug-likeness (QED) is 0.808. The van der Waals surface area contributed by atoms with Crippen LogP contribution in [0.25, 0.3) is 0 Å². The fraction of sp³-hybridized carbons (Fsp3) is 0.500. The lowest BCUT2D eigenvalue weighted by Crippen LogP contribution is -2.35. The monoisotopic (exact) mass is 302 g/mol. The van der Waals surface area contributed by atoms with Gasteiger partial charge in [-0.1, -0.05) is 43.1 Å². The highest BCUT2D eigenvalue weighted by atomic mass is 35.5. The second-order valence-electron chi connectivity index (χ2n) is 4.37. The van der Waals surface area contributed by atoms with Crippen LogP contribution in [0.3, 0.4) is 0 Å². The summed E-state index contributed by atoms with van der Waals surface area (Å²) in [7, 11) is 0. The Balaban J connectivity index is 2.57. The molecule has 1 aromatic rings. The average molecular weight is 303 g/mol. The van der Waals surface area contributed by atoms with Crippen LogP contribution in [0.5, 0.6) is 0 Å². The lowest BCUT2D eigenvalue weighted by molar-refractivity contribution is -0.120. The number of hydrogen-bond donors (Lipinski definition) is 2. The number of hydrogen-bond acceptors (Lipinski definition) is 2. The van der Waals surface area contributed by atoms with Gasteiger partial charge in [-0.15, -0.1) is 0 Å². The van der Waals surface area contributed by atoms with E-state index in [1.165, 1.54) is 0 Å². The Bertz CT molecular complexity index is 424. The zero-order chi connectivity index (χ0) is 14.3. The topological polar surface area (TPSA) is 41.1 Å². The Kier molecular flexibility index (Phi) is 7.21. The third-order valence-corrected chi connectivity index (χ3v) is 3.57. The molecule has 2 N–H and O–H groups in total. The predicted molar refractivity (Wildman–Crippen MR) is 80.8 cm³/mol. The van der Waals surface area contributed by atoms with Crippen molar-refractivity contribution in [3.8, 4) is 0 Å². The Hall–Kier alpha value is -0.770. The average Bonchev–Trinajstić information content (AvgIpc) is 2.41. The van der Waals surface area contributed by atoms with Gasteiger partial charge in [0, 0.05) is 12.6 Å². The molecule has 0 heterocycles. The minimum Gasteiger partial charge on any atom is -0.355 e. The van der Waals surface area contributed by atoms with Crippen molar-refractivity contribution in [3.63, 3.8) is 0 Å². The van der Waals surface area contributed by atoms with Gasteiger partial charge >= 0.3 is 0 Å². The van der Waals surface area contributed by atoms with Gasteiger partial charge in [-0.3, -0.25) is 4.79 Å². The van der Waals surface area contributed by atoms with Crippen LogP contribution in [-0.4, -0.2) is 19.0 Å². The molecule has 0 saturated carbocycles. The highest BCUT2D eigenvalue weighted by Crippen LogP contribution is 2.26. The summed E-state index contributed by atoms with van der Waals surface area (Å²) < 4.78 is 0. The van der Waals surface area contributed by atoms with Gasteiger partial charge in [-0.05, 0) is 30.5 Å². The summed E-state index contributed by atoms with van der Waals surface area (Å²) in [4.78, 5) is 11.6. The highest BCUT2D eigenvalue weighted by molar-refractivity contribution is 6.42. The lowest BCUT2D eigenvalue weighted by Gasteiger charge is -2.17. The first-order chi connectivity index (χ1) is 9.08. The van der Waals surface area contributed by atoms with E-state index < -0.39 is 0 Å². The van der Waals surface area contributed by atoms with E-state index in [-0.39, 0.29) is 11.9 Å². The molecule has 0 bridgehead atoms. The molecule has 1 unspecified atom stereocenters. The lowest BCUT2D eigenvalue weighted by atomic mass is 10.0. The van der Waals surface area contributed by atoms with E-state index in [9.17, 15) is 4.79 Å². The molecule has 0 fully saturated rings. The number of carbonyl (C=O) groups is 1. The zero-order valence-corrected chi connectivity index (χ0v) is 12.8. The van der Waals surface area contributed by atoms with E-state index in [1.54, 1.807) is 6.07 Å². The number of rotatable bonds is 7. The Labute approximate surface area is 124 Å². The molecule has 1 atom stereocenters. The molecule has 5 heteroatoms. The van der Waals surface area contributed by atoms with Crippen LogP contribution in [0, 0.1) is 0 Å². The van der Waals surface area contributed by atoms with Crippen molar-refractivity contribution >= 4 is 29.1 Å². The molecule has 1 rings (SSSR count). The van der Waals surface area contributed by atoms with Gasteiger partial charge in [-0.2, -0.15) is 0 Å². The summed E-state index contributed by atoms with van der Waals surface area (Å²) in [5.41, 5.74) is 1.04. The van der Waals surface area contributed by atoms with E-state index in [0.29, 0.717) is 23.1 Å². The maximum Gasteiger partial charge on any atom is 0.233 e. The Morgan fingerprint density at radius 1 is 1.26 bits per heavy atom. The van der Waals surface area contributed by atoms with Gasteiger partial charge in [0.05, 0.1) is 16.6 Å². The second kappa shape index (κ2) is 8.41. The molecular weight excluding hydrogens is 283 g/mol. The van der Waals surface area contributed by atoms with E-state index in [0.717, 1.165) is 18.4 Å². The molecule has 3 nitrogen and oxygen atoms in total. The minimum absolute atomic E-state index is 0.0142. The van der Waals surface area contributed by atoms with E-state index in [1.807, 2.05) is 19.1 Å². The van der Waals surface area contributed by atoms with E-state index in [4.69, 9.17) is 23.2 Å². The molecule has 0 aromatic heterocycles. The summed E-state index contributed by atoms with van der Waals surface area (Å²) in [6.45, 7) is 5.10. The van der Waals surface area contributed by atoms with Crippen molar-refractivity contribution in [1.82, 2.24) is 10.6 Å². The number of benzene rings is 1. The second-order valence-corrected chi connectivity index (χ2v) is 5.18. The van der Waals surface area contributed by atoms with Crippen LogP contribution >= 0.6 is 23.2 Å². The number of amides is 1. The Morgan fingerprint density at radius 3 is 2.58 bits per heavy atom. The molecule has 106 valence electrons. The summed E-state index contributed by atoms with van der Waals surface area (Å²) >= 11 is 11.9. The van der Waals surface area contributed by atoms with Crippen LogP contribution in [-0.2, 0) is 4.79 Å². The molecule has 1 amide bonds. The fourth-order valence-electron chi connectivity index (χ4n) is 1.77. The largest absolute Gasteiger partial charge is 0.355 e. The van der Waals surface area contributed by atoms with Crippen molar-refractivity contribution in [3.05, 3.63) is 33.8 Å². The maximum atomic E-state index is 11.6. The normalized spacial score (nSPS) is 12.2. The smallest absolute Gasteiger partial charge is 0.233 e. The predicted octanol–water partition coefficient (Wildman–Crippen LogP) is 3.56. The van der Waals surface area contributed by atoms with Crippen LogP contribution in [0.15, 0.2) is 18.2 Å². The third kappa shape index (κ3) is 5.39. The number of nitrogens with one attached hydrogen (secondary N) is 2. The first kappa shape index (κ1) is 16.3. The number of halogens is 2. The van der Waals surface area contributed by atoms with Crippen LogP contribution in [0.1, 0.15) is 38.3 Å². The first-order valence-electron chi connectivity index (χ1n) is 6.53. The maximum absolute atomic E-state index is 11.6. The molecule has 0 spiro atoms. The van der Waals surface area contributed by atoms with Crippen molar-refractivity contribution in [2.45, 2.75) is 32.7 Å². The van der Waals surface area contributed by atoms with Gasteiger partial charge in [0.15, 0.2) is 0 Å². The SMILES string of the molecule is CCCNC(=O)CNC(CC)c1ccc(Cl)c(Cl)c1. The standard InChI is InChI=1S/C14H20Cl2N2O/c1-3-7-17-14(19)9-18-13(4-2)10-5-6-11(15)12(16)8-10/h5-6,8,13,18H,3-4,7,9H2,1-2H3,(H,17,19). The fourth-order valence-corrected chi connectivity index (χ4v) is 2.08. The summed E-state index contributed by atoms with van der Waals surface area (Å²) in [6, 6.07) is 5.65. The molecule has 0 saturated heterocycles. The first-order valence-corrected chi connectivity index (χ1v) is 7.29. The van der Waals surface area contributed by atoms with Gasteiger partial charge < -0.3 is 10.6 Å². The van der Waals surface area contributed by atoms with Crippen molar-refractivity contribution in [1.29, 1.82) is 0 Å². The van der Waals surface area contributed by atoms with Crippen molar-refractivity contribution in [2.75, 3.05) is 13.1 Å². The van der Waals surface area contributed by atoms with E-state index in [2.05, 4.69) is 17.6 Å². The van der Waals surface area contributed by atoms with Crippen LogP contribution in [0.2, 0.25) is 10.0 Å². The molecule has 0 aliphatic carbocycles. The highest BCUT2D eigenvalue weighted by Gasteiger charge is 2.12. The van der Waals surface area contributed by atoms with Gasteiger partial charge in [0.25, 0.3) is 0 Å². The summed E-state index contributed by atoms with van der Waals surface area (Å²) in [6.07, 6.45) is 1.81. The molecule has 0 radical (unpaired) electrons. The molecule has 0 aliphatic heterocycles. The molecule has 0 aliphatic rings. The molecule has 1 aromatic carbocycles. The summed E-state index contributed by atoms with van der Waals surface area (Å²) in [5, 5.41) is 7.14. The van der Waals surface area contributed by atoms with E-state index >= 15 is 0 Å². The minimum atomic E-state index is 0.0142. The van der Waals surface area contributed by atoms with Crippen molar-refractivity contribution < 1.29 is 4.79 Å². The van der Waals surface area contributed by atoms with Crippen LogP contribution in [0.4, 0.5) is 0 Å². The van der Waals surface area contributed by atoms with Gasteiger partial charge in [0.2, 0.25) is 5.91 Å². The Morgan fingerprint density at radius 2 is 2.00 bits per heavy atom. The summed E-state index contributed by atoms with van der Waals surface area (Å²) in [5.74, 6) is 0.0142. The third-order valence-electron chi connectivity index (χ3n) is 2.84. The zero-order valence-electron chi connectivity index (χ0n) is 11.3. The molecule has 19 heavy (non-hydrogen) atoms. The van der Waals surface area contributed by atoms with Gasteiger partial charge in [0.1, 0.15) is 0 Å². The molecular formula is C14H20Cl2N2O. The van der Waals surface area contributed by atoms with Crippen molar-refractivity contribution in [2.24, 2.45) is 0 Å². The number of carbonyl (C=O) groups excluding carboxylic acids is 1. The van der Waals surface area contributed by atoms with Crippen LogP contribution < -0.4 is 10.6 Å². The van der Waals surface area contributed by atoms with Gasteiger partial charge in [-0.25, -0.2) is 0 Å².